The molecule has 20 heavy (non-hydrogen) atoms. The third kappa shape index (κ3) is 4.11. The molecule has 0 aromatic rings. The molecule has 3 nitrogen and oxygen atoms in total. The number of carbonyl (C=O) groups excluding carboxylic acids is 1. The molecule has 2 aliphatic rings. The van der Waals surface area contributed by atoms with Gasteiger partial charge in [-0.2, -0.15) is 13.2 Å². The fraction of sp³-hybridized carbons (Fsp3) is 0.929. The summed E-state index contributed by atoms with van der Waals surface area (Å²) in [5.74, 6) is -0.719. The highest BCUT2D eigenvalue weighted by atomic mass is 19.4. The average Bonchev–Trinajstić information content (AvgIpc) is 2.38. The monoisotopic (exact) mass is 292 g/mol. The summed E-state index contributed by atoms with van der Waals surface area (Å²) in [7, 11) is 0. The summed E-state index contributed by atoms with van der Waals surface area (Å²) in [6, 6.07) is -0.278. The van der Waals surface area contributed by atoms with Gasteiger partial charge < -0.3 is 10.6 Å². The summed E-state index contributed by atoms with van der Waals surface area (Å²) in [5, 5.41) is 6.09. The largest absolute Gasteiger partial charge is 0.391 e. The lowest BCUT2D eigenvalue weighted by Gasteiger charge is -2.33. The summed E-state index contributed by atoms with van der Waals surface area (Å²) >= 11 is 0. The van der Waals surface area contributed by atoms with Crippen molar-refractivity contribution < 1.29 is 18.0 Å². The SMILES string of the molecule is CC1CCNC(C(=O)NC2CCC(C(F)(F)F)CC2)C1. The molecular formula is C14H23F3N2O. The Hall–Kier alpha value is -0.780. The molecule has 2 N–H and O–H groups in total. The highest BCUT2D eigenvalue weighted by Crippen LogP contribution is 2.37. The quantitative estimate of drug-likeness (QED) is 0.821. The summed E-state index contributed by atoms with van der Waals surface area (Å²) in [6.45, 7) is 2.95. The molecule has 2 fully saturated rings. The van der Waals surface area contributed by atoms with Crippen LogP contribution < -0.4 is 10.6 Å². The topological polar surface area (TPSA) is 41.1 Å². The van der Waals surface area contributed by atoms with E-state index in [4.69, 9.17) is 0 Å². The van der Waals surface area contributed by atoms with Gasteiger partial charge in [0.1, 0.15) is 0 Å². The number of amides is 1. The first-order valence-corrected chi connectivity index (χ1v) is 7.46. The standard InChI is InChI=1S/C14H23F3N2O/c1-9-6-7-18-12(8-9)13(20)19-11-4-2-10(3-5-11)14(15,16)17/h9-12,18H,2-8H2,1H3,(H,19,20). The predicted molar refractivity (Wildman–Crippen MR) is 70.1 cm³/mol. The maximum Gasteiger partial charge on any atom is 0.391 e. The van der Waals surface area contributed by atoms with Crippen LogP contribution in [0.3, 0.4) is 0 Å². The molecule has 2 unspecified atom stereocenters. The van der Waals surface area contributed by atoms with Crippen LogP contribution >= 0.6 is 0 Å². The Labute approximate surface area is 117 Å². The van der Waals surface area contributed by atoms with Gasteiger partial charge in [-0.05, 0) is 51.0 Å². The zero-order valence-electron chi connectivity index (χ0n) is 11.8. The number of hydrogen-bond donors (Lipinski definition) is 2. The van der Waals surface area contributed by atoms with Crippen LogP contribution in [0.15, 0.2) is 0 Å². The molecular weight excluding hydrogens is 269 g/mol. The third-order valence-electron chi connectivity index (χ3n) is 4.52. The van der Waals surface area contributed by atoms with Crippen molar-refractivity contribution in [1.82, 2.24) is 10.6 Å². The molecule has 0 aromatic carbocycles. The normalized spacial score (nSPS) is 35.6. The van der Waals surface area contributed by atoms with Gasteiger partial charge in [0.15, 0.2) is 0 Å². The Bertz CT molecular complexity index is 338. The van der Waals surface area contributed by atoms with E-state index in [2.05, 4.69) is 17.6 Å². The fourth-order valence-electron chi connectivity index (χ4n) is 3.17. The highest BCUT2D eigenvalue weighted by Gasteiger charge is 2.41. The van der Waals surface area contributed by atoms with Crippen molar-refractivity contribution in [3.63, 3.8) is 0 Å². The first kappa shape index (κ1) is 15.6. The van der Waals surface area contributed by atoms with Crippen LogP contribution in [0, 0.1) is 11.8 Å². The molecule has 116 valence electrons. The number of hydrogen-bond acceptors (Lipinski definition) is 2. The van der Waals surface area contributed by atoms with Crippen molar-refractivity contribution in [2.75, 3.05) is 6.54 Å². The van der Waals surface area contributed by atoms with E-state index < -0.39 is 12.1 Å². The second-order valence-corrected chi connectivity index (χ2v) is 6.24. The Morgan fingerprint density at radius 3 is 2.35 bits per heavy atom. The number of nitrogens with one attached hydrogen (secondary N) is 2. The minimum absolute atomic E-state index is 0.0491. The molecule has 1 heterocycles. The van der Waals surface area contributed by atoms with Gasteiger partial charge in [-0.15, -0.1) is 0 Å². The first-order valence-electron chi connectivity index (χ1n) is 7.46. The fourth-order valence-corrected chi connectivity index (χ4v) is 3.17. The van der Waals surface area contributed by atoms with E-state index in [0.717, 1.165) is 19.4 Å². The number of carbonyl (C=O) groups is 1. The maximum atomic E-state index is 12.6. The second kappa shape index (κ2) is 6.33. The summed E-state index contributed by atoms with van der Waals surface area (Å²) in [5.41, 5.74) is 0. The highest BCUT2D eigenvalue weighted by molar-refractivity contribution is 5.82. The number of rotatable bonds is 2. The molecule has 0 spiro atoms. The van der Waals surface area contributed by atoms with E-state index in [9.17, 15) is 18.0 Å². The van der Waals surface area contributed by atoms with Crippen molar-refractivity contribution >= 4 is 5.91 Å². The van der Waals surface area contributed by atoms with E-state index in [0.29, 0.717) is 18.8 Å². The Morgan fingerprint density at radius 1 is 1.15 bits per heavy atom. The van der Waals surface area contributed by atoms with Gasteiger partial charge in [0.25, 0.3) is 0 Å². The molecule has 0 radical (unpaired) electrons. The van der Waals surface area contributed by atoms with Gasteiger partial charge >= 0.3 is 6.18 Å². The second-order valence-electron chi connectivity index (χ2n) is 6.24. The average molecular weight is 292 g/mol. The number of piperidine rings is 1. The number of halogens is 3. The summed E-state index contributed by atoms with van der Waals surface area (Å²) < 4.78 is 37.7. The van der Waals surface area contributed by atoms with Crippen molar-refractivity contribution in [3.8, 4) is 0 Å². The minimum Gasteiger partial charge on any atom is -0.352 e. The molecule has 1 amide bonds. The van der Waals surface area contributed by atoms with Gasteiger partial charge in [-0.1, -0.05) is 6.92 Å². The lowest BCUT2D eigenvalue weighted by atomic mass is 9.85. The van der Waals surface area contributed by atoms with Crippen LogP contribution in [0.4, 0.5) is 13.2 Å². The molecule has 0 aromatic heterocycles. The molecule has 6 heteroatoms. The third-order valence-corrected chi connectivity index (χ3v) is 4.52. The van der Waals surface area contributed by atoms with Gasteiger partial charge in [0.05, 0.1) is 12.0 Å². The first-order chi connectivity index (χ1) is 9.36. The van der Waals surface area contributed by atoms with Crippen LogP contribution in [0.1, 0.15) is 45.4 Å². The Morgan fingerprint density at radius 2 is 1.80 bits per heavy atom. The van der Waals surface area contributed by atoms with Crippen molar-refractivity contribution in [1.29, 1.82) is 0 Å². The van der Waals surface area contributed by atoms with E-state index >= 15 is 0 Å². The smallest absolute Gasteiger partial charge is 0.352 e. The molecule has 2 rings (SSSR count). The van der Waals surface area contributed by atoms with Crippen molar-refractivity contribution in [2.24, 2.45) is 11.8 Å². The van der Waals surface area contributed by atoms with Crippen LogP contribution in [-0.4, -0.2) is 30.7 Å². The number of alkyl halides is 3. The molecule has 1 aliphatic heterocycles. The predicted octanol–water partition coefficient (Wildman–Crippen LogP) is 2.61. The van der Waals surface area contributed by atoms with Gasteiger partial charge in [0, 0.05) is 6.04 Å². The molecule has 1 aliphatic carbocycles. The molecule has 1 saturated carbocycles. The van der Waals surface area contributed by atoms with E-state index in [1.807, 2.05) is 0 Å². The summed E-state index contributed by atoms with van der Waals surface area (Å²) in [6.07, 6.45) is -1.10. The lowest BCUT2D eigenvalue weighted by Crippen LogP contribution is -2.51. The van der Waals surface area contributed by atoms with Crippen molar-refractivity contribution in [2.45, 2.75) is 63.7 Å². The van der Waals surface area contributed by atoms with Crippen LogP contribution in [-0.2, 0) is 4.79 Å². The van der Waals surface area contributed by atoms with Crippen molar-refractivity contribution in [3.05, 3.63) is 0 Å². The Balaban J connectivity index is 1.76. The lowest BCUT2D eigenvalue weighted by molar-refractivity contribution is -0.182. The van der Waals surface area contributed by atoms with E-state index in [-0.39, 0.29) is 30.8 Å². The molecule has 1 saturated heterocycles. The Kier molecular flexibility index (Phi) is 4.94. The zero-order valence-corrected chi connectivity index (χ0v) is 11.8. The van der Waals surface area contributed by atoms with Gasteiger partial charge in [0.2, 0.25) is 5.91 Å². The minimum atomic E-state index is -4.09. The van der Waals surface area contributed by atoms with Crippen LogP contribution in [0.2, 0.25) is 0 Å². The van der Waals surface area contributed by atoms with Crippen LogP contribution in [0.25, 0.3) is 0 Å². The summed E-state index contributed by atoms with van der Waals surface area (Å²) in [4.78, 5) is 12.1. The van der Waals surface area contributed by atoms with E-state index in [1.165, 1.54) is 0 Å². The molecule has 0 bridgehead atoms. The van der Waals surface area contributed by atoms with Gasteiger partial charge in [-0.3, -0.25) is 4.79 Å². The maximum absolute atomic E-state index is 12.6. The van der Waals surface area contributed by atoms with Gasteiger partial charge in [-0.25, -0.2) is 0 Å². The zero-order chi connectivity index (χ0) is 14.8. The molecule has 2 atom stereocenters. The van der Waals surface area contributed by atoms with E-state index in [1.54, 1.807) is 0 Å². The van der Waals surface area contributed by atoms with Crippen LogP contribution in [0.5, 0.6) is 0 Å².